The lowest BCUT2D eigenvalue weighted by Crippen LogP contribution is -2.19. The summed E-state index contributed by atoms with van der Waals surface area (Å²) in [4.78, 5) is 32.6. The number of carboxylic acid groups (broad SMARTS) is 1. The third kappa shape index (κ3) is 2.86. The van der Waals surface area contributed by atoms with Gasteiger partial charge in [0.05, 0.1) is 17.3 Å². The second-order valence-corrected chi connectivity index (χ2v) is 5.89. The van der Waals surface area contributed by atoms with Crippen molar-refractivity contribution in [3.63, 3.8) is 0 Å². The second-order valence-electron chi connectivity index (χ2n) is 5.89. The SMILES string of the molecule is CCn1cc(C(=O)O)c(=O)c2ccc(-c3cnn(-c4ccccn4)c3)nc21. The maximum atomic E-state index is 12.4. The molecule has 134 valence electrons. The highest BCUT2D eigenvalue weighted by molar-refractivity contribution is 5.92. The van der Waals surface area contributed by atoms with Crippen LogP contribution in [0, 0.1) is 0 Å². The number of fused-ring (bicyclic) bond motifs is 1. The predicted molar refractivity (Wildman–Crippen MR) is 99.0 cm³/mol. The minimum Gasteiger partial charge on any atom is -0.477 e. The highest BCUT2D eigenvalue weighted by Gasteiger charge is 2.16. The van der Waals surface area contributed by atoms with Gasteiger partial charge < -0.3 is 9.67 Å². The van der Waals surface area contributed by atoms with E-state index in [1.807, 2.05) is 25.1 Å². The Morgan fingerprint density at radius 1 is 1.19 bits per heavy atom. The number of aryl methyl sites for hydroxylation is 1. The number of nitrogens with zero attached hydrogens (tertiary/aromatic N) is 5. The Balaban J connectivity index is 1.85. The summed E-state index contributed by atoms with van der Waals surface area (Å²) < 4.78 is 3.30. The van der Waals surface area contributed by atoms with Crippen molar-refractivity contribution in [1.29, 1.82) is 0 Å². The fraction of sp³-hybridized carbons (Fsp3) is 0.105. The Morgan fingerprint density at radius 2 is 2.04 bits per heavy atom. The van der Waals surface area contributed by atoms with Gasteiger partial charge in [0.25, 0.3) is 0 Å². The van der Waals surface area contributed by atoms with Gasteiger partial charge in [0, 0.05) is 30.7 Å². The largest absolute Gasteiger partial charge is 0.477 e. The van der Waals surface area contributed by atoms with Crippen LogP contribution in [-0.2, 0) is 6.54 Å². The lowest BCUT2D eigenvalue weighted by atomic mass is 10.1. The number of pyridine rings is 3. The second kappa shape index (κ2) is 6.49. The van der Waals surface area contributed by atoms with Crippen molar-refractivity contribution in [2.24, 2.45) is 0 Å². The predicted octanol–water partition coefficient (Wildman–Crippen LogP) is 2.36. The van der Waals surface area contributed by atoms with Gasteiger partial charge in [-0.15, -0.1) is 0 Å². The van der Waals surface area contributed by atoms with Crippen LogP contribution in [0.2, 0.25) is 0 Å². The van der Waals surface area contributed by atoms with Gasteiger partial charge in [-0.2, -0.15) is 5.10 Å². The molecule has 0 amide bonds. The number of carboxylic acids is 1. The lowest BCUT2D eigenvalue weighted by molar-refractivity contribution is 0.0695. The topological polar surface area (TPSA) is 103 Å². The summed E-state index contributed by atoms with van der Waals surface area (Å²) in [5, 5.41) is 13.8. The summed E-state index contributed by atoms with van der Waals surface area (Å²) in [6.07, 6.45) is 6.49. The summed E-state index contributed by atoms with van der Waals surface area (Å²) >= 11 is 0. The molecule has 0 aliphatic carbocycles. The first-order valence-electron chi connectivity index (χ1n) is 8.32. The van der Waals surface area contributed by atoms with Gasteiger partial charge in [-0.25, -0.2) is 19.4 Å². The zero-order chi connectivity index (χ0) is 19.0. The van der Waals surface area contributed by atoms with E-state index in [4.69, 9.17) is 0 Å². The number of aromatic carboxylic acids is 1. The smallest absolute Gasteiger partial charge is 0.341 e. The van der Waals surface area contributed by atoms with Gasteiger partial charge in [0.15, 0.2) is 5.82 Å². The average Bonchev–Trinajstić information content (AvgIpc) is 3.19. The van der Waals surface area contributed by atoms with E-state index in [9.17, 15) is 14.7 Å². The van der Waals surface area contributed by atoms with Crippen molar-refractivity contribution in [3.8, 4) is 17.1 Å². The number of carbonyl (C=O) groups is 1. The first-order valence-corrected chi connectivity index (χ1v) is 8.32. The van der Waals surface area contributed by atoms with Crippen molar-refractivity contribution >= 4 is 17.0 Å². The van der Waals surface area contributed by atoms with Gasteiger partial charge in [-0.1, -0.05) is 6.07 Å². The Kier molecular flexibility index (Phi) is 4.00. The van der Waals surface area contributed by atoms with E-state index >= 15 is 0 Å². The molecule has 0 saturated heterocycles. The van der Waals surface area contributed by atoms with Crippen LogP contribution in [0.15, 0.2) is 59.9 Å². The molecule has 0 fully saturated rings. The van der Waals surface area contributed by atoms with E-state index in [2.05, 4.69) is 15.1 Å². The molecule has 0 atom stereocenters. The van der Waals surface area contributed by atoms with Crippen molar-refractivity contribution < 1.29 is 9.90 Å². The molecule has 1 N–H and O–H groups in total. The van der Waals surface area contributed by atoms with Gasteiger partial charge in [-0.3, -0.25) is 4.79 Å². The normalized spacial score (nSPS) is 11.0. The summed E-state index contributed by atoms with van der Waals surface area (Å²) in [7, 11) is 0. The van der Waals surface area contributed by atoms with E-state index in [-0.39, 0.29) is 10.9 Å². The summed E-state index contributed by atoms with van der Waals surface area (Å²) in [6, 6.07) is 8.84. The fourth-order valence-corrected chi connectivity index (χ4v) is 2.89. The Bertz CT molecular complexity index is 1210. The maximum Gasteiger partial charge on any atom is 0.341 e. The van der Waals surface area contributed by atoms with Crippen LogP contribution in [0.3, 0.4) is 0 Å². The molecule has 27 heavy (non-hydrogen) atoms. The lowest BCUT2D eigenvalue weighted by Gasteiger charge is -2.10. The minimum absolute atomic E-state index is 0.262. The van der Waals surface area contributed by atoms with E-state index < -0.39 is 11.4 Å². The van der Waals surface area contributed by atoms with Crippen LogP contribution >= 0.6 is 0 Å². The third-order valence-electron chi connectivity index (χ3n) is 4.25. The molecule has 4 rings (SSSR count). The fourth-order valence-electron chi connectivity index (χ4n) is 2.89. The quantitative estimate of drug-likeness (QED) is 0.598. The van der Waals surface area contributed by atoms with Crippen LogP contribution in [0.25, 0.3) is 28.1 Å². The van der Waals surface area contributed by atoms with Gasteiger partial charge in [0.1, 0.15) is 11.2 Å². The molecule has 0 radical (unpaired) electrons. The molecular weight excluding hydrogens is 346 g/mol. The van der Waals surface area contributed by atoms with Crippen LogP contribution in [-0.4, -0.2) is 35.4 Å². The van der Waals surface area contributed by atoms with Crippen molar-refractivity contribution in [2.45, 2.75) is 13.5 Å². The molecule has 0 aliphatic heterocycles. The van der Waals surface area contributed by atoms with E-state index in [1.165, 1.54) is 6.20 Å². The van der Waals surface area contributed by atoms with E-state index in [1.54, 1.807) is 40.0 Å². The van der Waals surface area contributed by atoms with Gasteiger partial charge >= 0.3 is 5.97 Å². The van der Waals surface area contributed by atoms with Crippen LogP contribution in [0.1, 0.15) is 17.3 Å². The molecule has 4 heterocycles. The van der Waals surface area contributed by atoms with E-state index in [0.29, 0.717) is 23.7 Å². The monoisotopic (exact) mass is 361 g/mol. The van der Waals surface area contributed by atoms with Crippen LogP contribution in [0.5, 0.6) is 0 Å². The third-order valence-corrected chi connectivity index (χ3v) is 4.25. The molecule has 0 spiro atoms. The number of hydrogen-bond acceptors (Lipinski definition) is 5. The summed E-state index contributed by atoms with van der Waals surface area (Å²) in [6.45, 7) is 2.35. The zero-order valence-electron chi connectivity index (χ0n) is 14.4. The minimum atomic E-state index is -1.25. The number of aromatic nitrogens is 5. The molecule has 0 aromatic carbocycles. The van der Waals surface area contributed by atoms with E-state index in [0.717, 1.165) is 5.56 Å². The molecule has 0 aliphatic rings. The Labute approximate surface area is 153 Å². The average molecular weight is 361 g/mol. The molecule has 0 unspecified atom stereocenters. The zero-order valence-corrected chi connectivity index (χ0v) is 14.4. The Morgan fingerprint density at radius 3 is 2.74 bits per heavy atom. The van der Waals surface area contributed by atoms with Crippen molar-refractivity contribution in [3.05, 3.63) is 70.9 Å². The first kappa shape index (κ1) is 16.6. The van der Waals surface area contributed by atoms with Crippen LogP contribution in [0.4, 0.5) is 0 Å². The van der Waals surface area contributed by atoms with Gasteiger partial charge in [0.2, 0.25) is 5.43 Å². The maximum absolute atomic E-state index is 12.4. The van der Waals surface area contributed by atoms with Crippen molar-refractivity contribution in [1.82, 2.24) is 24.3 Å². The molecular formula is C19H15N5O3. The summed E-state index contributed by atoms with van der Waals surface area (Å²) in [5.41, 5.74) is 1.04. The molecule has 0 bridgehead atoms. The number of hydrogen-bond donors (Lipinski definition) is 1. The molecule has 8 heteroatoms. The first-order chi connectivity index (χ1) is 13.1. The summed E-state index contributed by atoms with van der Waals surface area (Å²) in [5.74, 6) is -0.564. The highest BCUT2D eigenvalue weighted by atomic mass is 16.4. The van der Waals surface area contributed by atoms with Gasteiger partial charge in [-0.05, 0) is 31.2 Å². The Hall–Kier alpha value is -3.81. The van der Waals surface area contributed by atoms with Crippen molar-refractivity contribution in [2.75, 3.05) is 0 Å². The molecule has 4 aromatic heterocycles. The standard InChI is InChI=1S/C19H15N5O3/c1-2-23-11-14(19(26)27)17(25)13-6-7-15(22-18(13)23)12-9-21-24(10-12)16-5-3-4-8-20-16/h3-11H,2H2,1H3,(H,26,27). The molecule has 4 aromatic rings. The highest BCUT2D eigenvalue weighted by Crippen LogP contribution is 2.20. The number of rotatable bonds is 4. The molecule has 0 saturated carbocycles. The molecule has 8 nitrogen and oxygen atoms in total. The van der Waals surface area contributed by atoms with Crippen LogP contribution < -0.4 is 5.43 Å².